The van der Waals surface area contributed by atoms with Gasteiger partial charge in [-0.1, -0.05) is 0 Å². The van der Waals surface area contributed by atoms with Crippen molar-refractivity contribution in [1.29, 1.82) is 0 Å². The van der Waals surface area contributed by atoms with Crippen molar-refractivity contribution in [2.45, 2.75) is 18.0 Å². The summed E-state index contributed by atoms with van der Waals surface area (Å²) in [5.41, 5.74) is 2.53. The maximum atomic E-state index is 12.2. The van der Waals surface area contributed by atoms with E-state index >= 15 is 0 Å². The topological polar surface area (TPSA) is 126 Å². The Bertz CT molecular complexity index is 640. The van der Waals surface area contributed by atoms with E-state index in [9.17, 15) is 8.42 Å². The molecule has 0 bridgehead atoms. The molecule has 2 aromatic heterocycles. The zero-order chi connectivity index (χ0) is 13.9. The van der Waals surface area contributed by atoms with Gasteiger partial charge in [-0.05, 0) is 19.1 Å². The number of aromatic nitrogens is 3. The summed E-state index contributed by atoms with van der Waals surface area (Å²) in [7, 11) is -3.79. The van der Waals surface area contributed by atoms with Gasteiger partial charge in [0.2, 0.25) is 0 Å². The maximum absolute atomic E-state index is 12.2. The van der Waals surface area contributed by atoms with Crippen molar-refractivity contribution in [2.75, 3.05) is 5.43 Å². The summed E-state index contributed by atoms with van der Waals surface area (Å²) in [5, 5.41) is -0.157. The molecule has 0 aliphatic heterocycles. The van der Waals surface area contributed by atoms with Gasteiger partial charge in [0.1, 0.15) is 5.82 Å². The average molecular weight is 282 g/mol. The normalized spacial score (nSPS) is 13.2. The van der Waals surface area contributed by atoms with Gasteiger partial charge in [0, 0.05) is 18.6 Å². The smallest absolute Gasteiger partial charge is 0.260 e. The van der Waals surface area contributed by atoms with E-state index in [1.165, 1.54) is 12.3 Å². The average Bonchev–Trinajstić information content (AvgIpc) is 2.92. The molecule has 0 aliphatic rings. The Hall–Kier alpha value is -1.97. The van der Waals surface area contributed by atoms with Crippen LogP contribution in [0.3, 0.4) is 0 Å². The monoisotopic (exact) mass is 282 g/mol. The third-order valence-electron chi connectivity index (χ3n) is 2.44. The lowest BCUT2D eigenvalue weighted by molar-refractivity contribution is 0.558. The lowest BCUT2D eigenvalue weighted by Crippen LogP contribution is -2.29. The summed E-state index contributed by atoms with van der Waals surface area (Å²) in [4.78, 5) is 10.7. The number of imidazole rings is 1. The minimum Gasteiger partial charge on any atom is -0.347 e. The van der Waals surface area contributed by atoms with Gasteiger partial charge >= 0.3 is 0 Å². The number of anilines is 1. The van der Waals surface area contributed by atoms with Gasteiger partial charge in [-0.15, -0.1) is 0 Å². The second-order valence-corrected chi connectivity index (χ2v) is 5.45. The first kappa shape index (κ1) is 13.5. The first-order chi connectivity index (χ1) is 9.04. The van der Waals surface area contributed by atoms with E-state index in [1.54, 1.807) is 25.4 Å². The SMILES string of the molecule is CC(NS(=O)(=O)c1ncccc1NN)c1ncc[nH]1. The first-order valence-electron chi connectivity index (χ1n) is 5.48. The Morgan fingerprint density at radius 1 is 1.37 bits per heavy atom. The summed E-state index contributed by atoms with van der Waals surface area (Å²) in [5.74, 6) is 5.79. The van der Waals surface area contributed by atoms with Crippen molar-refractivity contribution in [2.24, 2.45) is 5.84 Å². The van der Waals surface area contributed by atoms with Gasteiger partial charge in [0.15, 0.2) is 5.03 Å². The van der Waals surface area contributed by atoms with Crippen LogP contribution < -0.4 is 16.0 Å². The highest BCUT2D eigenvalue weighted by Crippen LogP contribution is 2.19. The van der Waals surface area contributed by atoms with E-state index < -0.39 is 16.1 Å². The fourth-order valence-electron chi connectivity index (χ4n) is 1.57. The number of nitrogens with zero attached hydrogens (tertiary/aromatic N) is 2. The molecule has 2 rings (SSSR count). The third-order valence-corrected chi connectivity index (χ3v) is 3.94. The molecule has 19 heavy (non-hydrogen) atoms. The van der Waals surface area contributed by atoms with E-state index in [2.05, 4.69) is 25.1 Å². The number of nitrogens with one attached hydrogen (secondary N) is 3. The van der Waals surface area contributed by atoms with Crippen molar-refractivity contribution >= 4 is 15.7 Å². The Morgan fingerprint density at radius 3 is 2.79 bits per heavy atom. The van der Waals surface area contributed by atoms with Gasteiger partial charge in [-0.25, -0.2) is 18.4 Å². The van der Waals surface area contributed by atoms with Crippen molar-refractivity contribution in [3.8, 4) is 0 Å². The number of rotatable bonds is 5. The predicted molar refractivity (Wildman–Crippen MR) is 69.4 cm³/mol. The largest absolute Gasteiger partial charge is 0.347 e. The standard InChI is InChI=1S/C10H14N6O2S/c1-7(9-12-5-6-13-9)16-19(17,18)10-8(15-11)3-2-4-14-10/h2-7,15-16H,11H2,1H3,(H,12,13). The lowest BCUT2D eigenvalue weighted by Gasteiger charge is -2.13. The summed E-state index contributed by atoms with van der Waals surface area (Å²) in [6.07, 6.45) is 4.55. The zero-order valence-corrected chi connectivity index (χ0v) is 11.0. The summed E-state index contributed by atoms with van der Waals surface area (Å²) >= 11 is 0. The number of nitrogen functional groups attached to an aromatic ring is 1. The fourth-order valence-corrected chi connectivity index (χ4v) is 2.88. The first-order valence-corrected chi connectivity index (χ1v) is 6.96. The molecule has 5 N–H and O–H groups in total. The number of hydrogen-bond donors (Lipinski definition) is 4. The van der Waals surface area contributed by atoms with Gasteiger partial charge < -0.3 is 10.4 Å². The number of H-pyrrole nitrogens is 1. The Balaban J connectivity index is 2.28. The van der Waals surface area contributed by atoms with Crippen LogP contribution in [0.25, 0.3) is 0 Å². The third kappa shape index (κ3) is 2.89. The molecule has 0 spiro atoms. The Kier molecular flexibility index (Phi) is 3.79. The van der Waals surface area contributed by atoms with Crippen LogP contribution in [-0.2, 0) is 10.0 Å². The second kappa shape index (κ2) is 5.34. The molecule has 0 fully saturated rings. The molecule has 0 saturated heterocycles. The van der Waals surface area contributed by atoms with Gasteiger partial charge in [0.05, 0.1) is 11.7 Å². The van der Waals surface area contributed by atoms with Crippen LogP contribution in [-0.4, -0.2) is 23.4 Å². The number of aromatic amines is 1. The number of hydrazine groups is 1. The fraction of sp³-hybridized carbons (Fsp3) is 0.200. The van der Waals surface area contributed by atoms with Crippen LogP contribution in [0.15, 0.2) is 35.7 Å². The molecule has 8 nitrogen and oxygen atoms in total. The molecule has 1 unspecified atom stereocenters. The predicted octanol–water partition coefficient (Wildman–Crippen LogP) is 0.130. The van der Waals surface area contributed by atoms with Crippen molar-refractivity contribution in [3.05, 3.63) is 36.5 Å². The minimum atomic E-state index is -3.79. The number of sulfonamides is 1. The molecule has 0 radical (unpaired) electrons. The van der Waals surface area contributed by atoms with E-state index in [-0.39, 0.29) is 10.7 Å². The Morgan fingerprint density at radius 2 is 2.16 bits per heavy atom. The van der Waals surface area contributed by atoms with E-state index in [0.717, 1.165) is 0 Å². The quantitative estimate of drug-likeness (QED) is 0.456. The number of hydrogen-bond acceptors (Lipinski definition) is 6. The van der Waals surface area contributed by atoms with Crippen molar-refractivity contribution in [3.63, 3.8) is 0 Å². The van der Waals surface area contributed by atoms with Gasteiger partial charge in [0.25, 0.3) is 10.0 Å². The molecule has 2 aromatic rings. The van der Waals surface area contributed by atoms with Crippen LogP contribution in [0.5, 0.6) is 0 Å². The molecule has 0 amide bonds. The van der Waals surface area contributed by atoms with Crippen LogP contribution in [0, 0.1) is 0 Å². The highest BCUT2D eigenvalue weighted by atomic mass is 32.2. The molecular formula is C10H14N6O2S. The molecule has 2 heterocycles. The highest BCUT2D eigenvalue weighted by Gasteiger charge is 2.23. The van der Waals surface area contributed by atoms with Crippen LogP contribution in [0.1, 0.15) is 18.8 Å². The highest BCUT2D eigenvalue weighted by molar-refractivity contribution is 7.89. The molecule has 0 saturated carbocycles. The van der Waals surface area contributed by atoms with Gasteiger partial charge in [-0.2, -0.15) is 4.72 Å². The second-order valence-electron chi connectivity index (χ2n) is 3.82. The molecule has 9 heteroatoms. The zero-order valence-electron chi connectivity index (χ0n) is 10.2. The molecule has 0 aliphatic carbocycles. The lowest BCUT2D eigenvalue weighted by atomic mass is 10.3. The molecular weight excluding hydrogens is 268 g/mol. The molecule has 1 atom stereocenters. The van der Waals surface area contributed by atoms with Crippen LogP contribution >= 0.6 is 0 Å². The van der Waals surface area contributed by atoms with Crippen LogP contribution in [0.2, 0.25) is 0 Å². The number of nitrogens with two attached hydrogens (primary N) is 1. The van der Waals surface area contributed by atoms with Crippen molar-refractivity contribution < 1.29 is 8.42 Å². The molecule has 102 valence electrons. The van der Waals surface area contributed by atoms with E-state index in [4.69, 9.17) is 5.84 Å². The molecule has 0 aromatic carbocycles. The summed E-state index contributed by atoms with van der Waals surface area (Å²) < 4.78 is 26.9. The summed E-state index contributed by atoms with van der Waals surface area (Å²) in [6, 6.07) is 2.61. The minimum absolute atomic E-state index is 0.157. The van der Waals surface area contributed by atoms with E-state index in [0.29, 0.717) is 5.82 Å². The number of pyridine rings is 1. The van der Waals surface area contributed by atoms with Crippen LogP contribution in [0.4, 0.5) is 5.69 Å². The maximum Gasteiger partial charge on any atom is 0.260 e. The summed E-state index contributed by atoms with van der Waals surface area (Å²) in [6.45, 7) is 1.68. The van der Waals surface area contributed by atoms with Gasteiger partial charge in [-0.3, -0.25) is 5.84 Å². The van der Waals surface area contributed by atoms with E-state index in [1.807, 2.05) is 0 Å². The Labute approximate surface area is 110 Å². The van der Waals surface area contributed by atoms with Crippen molar-refractivity contribution in [1.82, 2.24) is 19.7 Å².